The summed E-state index contributed by atoms with van der Waals surface area (Å²) in [6, 6.07) is 30.8. The normalized spacial score (nSPS) is 13.1. The third-order valence-corrected chi connectivity index (χ3v) is 14.5. The Bertz CT molecular complexity index is 3370. The summed E-state index contributed by atoms with van der Waals surface area (Å²) < 4.78 is 105. The van der Waals surface area contributed by atoms with Crippen LogP contribution in [0.5, 0.6) is 0 Å². The number of nitrogens with two attached hydrogens (primary N) is 4. The van der Waals surface area contributed by atoms with E-state index < -0.39 is 40.1 Å². The molecule has 0 atom stereocenters. The van der Waals surface area contributed by atoms with Crippen molar-refractivity contribution in [1.29, 1.82) is 0 Å². The van der Waals surface area contributed by atoms with Crippen LogP contribution in [-0.4, -0.2) is 53.6 Å². The maximum Gasteiger partial charge on any atom is 0.238 e. The van der Waals surface area contributed by atoms with E-state index in [-0.39, 0.29) is 86.9 Å². The minimum absolute atomic E-state index is 0.158. The van der Waals surface area contributed by atoms with Gasteiger partial charge in [0, 0.05) is 66.6 Å². The highest BCUT2D eigenvalue weighted by Gasteiger charge is 2.26. The van der Waals surface area contributed by atoms with Crippen molar-refractivity contribution in [2.75, 3.05) is 0 Å². The number of benzene rings is 4. The van der Waals surface area contributed by atoms with Gasteiger partial charge in [0.15, 0.2) is 0 Å². The molecule has 0 saturated heterocycles. The molecule has 0 unspecified atom stereocenters. The SMILES string of the molecule is NS(=O)(=O)c1ccccc1-c1c2nc(c(-c3ccccc3S(N)(=O)=O)c3ccc([nH]3)c(-c3ccccc3S(N)(=O)=O)c3nc(c(-c4ccccc4S(N)(=O)=O)c4ccc1[nH]4)C=C3)C=C2. The van der Waals surface area contributed by atoms with Crippen molar-refractivity contribution in [2.45, 2.75) is 19.6 Å². The molecular formula is C44H34N8O8S4. The number of hydrogen-bond donors (Lipinski definition) is 6. The van der Waals surface area contributed by atoms with Crippen LogP contribution in [0.4, 0.5) is 0 Å². The highest BCUT2D eigenvalue weighted by Crippen LogP contribution is 2.42. The number of primary sulfonamides is 4. The van der Waals surface area contributed by atoms with Crippen LogP contribution in [0.25, 0.3) is 90.9 Å². The standard InChI is InChI=1S/C44H34N8O8S4/c45-61(53,54)37-13-5-1-9-25(37)41-29-17-19-31(49-29)42(26-10-2-6-14-38(26)62(46,55)56)33-21-23-35(51-33)44(28-12-4-8-16-40(28)64(48,59)60)36-24-22-34(52-36)43(32-20-18-30(41)50-32)27-11-3-7-15-39(27)63(47,57)58/h1-24,49,52H,(H2,45,53,54)(H2,46,55,56)(H2,47,57,58)(H2,48,59,60). The Hall–Kier alpha value is -6.88. The van der Waals surface area contributed by atoms with Gasteiger partial charge in [0.2, 0.25) is 40.1 Å². The van der Waals surface area contributed by atoms with Crippen molar-refractivity contribution < 1.29 is 33.7 Å². The Balaban J connectivity index is 1.56. The quantitative estimate of drug-likeness (QED) is 0.105. The van der Waals surface area contributed by atoms with E-state index in [4.69, 9.17) is 30.5 Å². The average Bonchev–Trinajstić information content (AvgIpc) is 4.08. The molecule has 3 aromatic heterocycles. The predicted molar refractivity (Wildman–Crippen MR) is 246 cm³/mol. The fraction of sp³-hybridized carbons (Fsp3) is 0. The number of H-pyrrole nitrogens is 2. The van der Waals surface area contributed by atoms with E-state index in [1.54, 1.807) is 97.1 Å². The number of hydrogen-bond acceptors (Lipinski definition) is 10. The lowest BCUT2D eigenvalue weighted by Gasteiger charge is -2.11. The number of rotatable bonds is 8. The van der Waals surface area contributed by atoms with Crippen LogP contribution in [0.2, 0.25) is 0 Å². The summed E-state index contributed by atoms with van der Waals surface area (Å²) in [4.78, 5) is 15.8. The zero-order chi connectivity index (χ0) is 45.3. The van der Waals surface area contributed by atoms with Gasteiger partial charge in [-0.25, -0.2) is 64.2 Å². The largest absolute Gasteiger partial charge is 0.354 e. The molecule has 0 amide bonds. The van der Waals surface area contributed by atoms with Gasteiger partial charge < -0.3 is 9.97 Å². The predicted octanol–water partition coefficient (Wildman–Crippen LogP) is 5.91. The van der Waals surface area contributed by atoms with Crippen molar-refractivity contribution >= 4 is 86.5 Å². The summed E-state index contributed by atoms with van der Waals surface area (Å²) in [6.45, 7) is 0. The van der Waals surface area contributed by atoms with Gasteiger partial charge >= 0.3 is 0 Å². The van der Waals surface area contributed by atoms with E-state index >= 15 is 0 Å². The van der Waals surface area contributed by atoms with Gasteiger partial charge in [-0.2, -0.15) is 0 Å². The van der Waals surface area contributed by atoms with Gasteiger partial charge in [-0.15, -0.1) is 0 Å². The second-order valence-corrected chi connectivity index (χ2v) is 20.8. The molecule has 0 radical (unpaired) electrons. The van der Waals surface area contributed by atoms with Gasteiger partial charge in [0.25, 0.3) is 0 Å². The Labute approximate surface area is 366 Å². The lowest BCUT2D eigenvalue weighted by atomic mass is 10.0. The highest BCUT2D eigenvalue weighted by molar-refractivity contribution is 7.90. The molecule has 0 fully saturated rings. The maximum atomic E-state index is 13.2. The van der Waals surface area contributed by atoms with E-state index in [1.165, 1.54) is 48.5 Å². The third-order valence-electron chi connectivity index (χ3n) is 10.6. The van der Waals surface area contributed by atoms with Crippen molar-refractivity contribution in [3.8, 4) is 44.5 Å². The summed E-state index contributed by atoms with van der Waals surface area (Å²) in [5.41, 5.74) is 3.77. The third kappa shape index (κ3) is 7.67. The van der Waals surface area contributed by atoms with Crippen LogP contribution < -0.4 is 20.6 Å². The maximum absolute atomic E-state index is 13.2. The lowest BCUT2D eigenvalue weighted by Crippen LogP contribution is -2.13. The van der Waals surface area contributed by atoms with Crippen molar-refractivity contribution in [2.24, 2.45) is 20.6 Å². The van der Waals surface area contributed by atoms with Crippen LogP contribution in [0.15, 0.2) is 141 Å². The topological polar surface area (TPSA) is 298 Å². The van der Waals surface area contributed by atoms with Crippen molar-refractivity contribution in [3.05, 3.63) is 144 Å². The molecule has 322 valence electrons. The van der Waals surface area contributed by atoms with E-state index in [9.17, 15) is 33.7 Å². The van der Waals surface area contributed by atoms with Crippen LogP contribution in [0.1, 0.15) is 22.8 Å². The Kier molecular flexibility index (Phi) is 10.2. The summed E-state index contributed by atoms with van der Waals surface area (Å²) in [5.74, 6) is 0. The first kappa shape index (κ1) is 42.4. The number of fused-ring (bicyclic) bond motifs is 8. The van der Waals surface area contributed by atoms with Gasteiger partial charge in [0.05, 0.1) is 42.4 Å². The van der Waals surface area contributed by atoms with Gasteiger partial charge in [-0.05, 0) is 72.8 Å². The first-order valence-corrected chi connectivity index (χ1v) is 25.1. The number of aromatic nitrogens is 4. The molecule has 0 saturated carbocycles. The second-order valence-electron chi connectivity index (χ2n) is 14.7. The highest BCUT2D eigenvalue weighted by atomic mass is 32.2. The summed E-state index contributed by atoms with van der Waals surface area (Å²) >= 11 is 0. The minimum atomic E-state index is -4.35. The van der Waals surface area contributed by atoms with Gasteiger partial charge in [0.1, 0.15) is 0 Å². The van der Waals surface area contributed by atoms with E-state index in [0.29, 0.717) is 22.1 Å². The molecule has 2 aliphatic heterocycles. The Morgan fingerprint density at radius 2 is 0.516 bits per heavy atom. The molecule has 4 aromatic carbocycles. The van der Waals surface area contributed by atoms with E-state index in [0.717, 1.165) is 0 Å². The summed E-state index contributed by atoms with van der Waals surface area (Å²) in [5, 5.41) is 23.1. The average molecular weight is 931 g/mol. The Morgan fingerprint density at radius 3 is 0.719 bits per heavy atom. The fourth-order valence-electron chi connectivity index (χ4n) is 8.02. The first-order chi connectivity index (χ1) is 30.3. The Morgan fingerprint density at radius 1 is 0.312 bits per heavy atom. The zero-order valence-corrected chi connectivity index (χ0v) is 36.2. The van der Waals surface area contributed by atoms with E-state index in [1.807, 2.05) is 0 Å². The molecule has 64 heavy (non-hydrogen) atoms. The van der Waals surface area contributed by atoms with Crippen molar-refractivity contribution in [3.63, 3.8) is 0 Å². The number of sulfonamides is 4. The van der Waals surface area contributed by atoms with E-state index in [2.05, 4.69) is 9.97 Å². The monoisotopic (exact) mass is 930 g/mol. The molecule has 8 bridgehead atoms. The molecule has 0 spiro atoms. The van der Waals surface area contributed by atoms with Crippen LogP contribution >= 0.6 is 0 Å². The zero-order valence-electron chi connectivity index (χ0n) is 33.0. The van der Waals surface area contributed by atoms with Crippen LogP contribution in [0.3, 0.4) is 0 Å². The number of aromatic amines is 2. The van der Waals surface area contributed by atoms with Gasteiger partial charge in [-0.3, -0.25) is 0 Å². The fourth-order valence-corrected chi connectivity index (χ4v) is 11.0. The molecule has 7 aromatic rings. The smallest absolute Gasteiger partial charge is 0.238 e. The van der Waals surface area contributed by atoms with Crippen LogP contribution in [-0.2, 0) is 40.1 Å². The molecule has 20 heteroatoms. The second kappa shape index (κ2) is 15.4. The number of nitrogens with one attached hydrogen (secondary N) is 2. The molecule has 9 rings (SSSR count). The molecule has 5 heterocycles. The molecule has 10 N–H and O–H groups in total. The summed E-state index contributed by atoms with van der Waals surface area (Å²) in [7, 11) is -17.4. The van der Waals surface area contributed by atoms with Gasteiger partial charge in [-0.1, -0.05) is 72.8 Å². The molecule has 16 nitrogen and oxygen atoms in total. The molecular weight excluding hydrogens is 897 g/mol. The van der Waals surface area contributed by atoms with Crippen molar-refractivity contribution in [1.82, 2.24) is 19.9 Å². The number of nitrogens with zero attached hydrogens (tertiary/aromatic N) is 2. The first-order valence-electron chi connectivity index (χ1n) is 18.9. The summed E-state index contributed by atoms with van der Waals surface area (Å²) in [6.07, 6.45) is 6.49. The molecule has 2 aliphatic rings. The lowest BCUT2D eigenvalue weighted by molar-refractivity contribution is 0.596. The molecule has 0 aliphatic carbocycles. The van der Waals surface area contributed by atoms with Crippen LogP contribution in [0, 0.1) is 0 Å². The minimum Gasteiger partial charge on any atom is -0.354 e.